The lowest BCUT2D eigenvalue weighted by Gasteiger charge is -2.49. The van der Waals surface area contributed by atoms with Crippen LogP contribution in [0.5, 0.6) is 11.5 Å². The highest BCUT2D eigenvalue weighted by atomic mass is 32.2. The molecule has 0 spiro atoms. The number of nitrogens with two attached hydrogens (primary N) is 2. The number of phenolic OH excluding ortho intramolecular Hbond substituents is 2. The number of phenols is 2. The van der Waals surface area contributed by atoms with E-state index in [0.29, 0.717) is 0 Å². The van der Waals surface area contributed by atoms with Gasteiger partial charge in [-0.1, -0.05) is 5.16 Å². The summed E-state index contributed by atoms with van der Waals surface area (Å²) in [5.74, 6) is -5.80. The molecule has 0 radical (unpaired) electrons. The Labute approximate surface area is 245 Å². The van der Waals surface area contributed by atoms with Gasteiger partial charge in [0, 0.05) is 16.7 Å². The fraction of sp³-hybridized carbons (Fsp3) is 0.292. The van der Waals surface area contributed by atoms with Crippen LogP contribution < -0.4 is 16.8 Å². The zero-order valence-corrected chi connectivity index (χ0v) is 23.5. The van der Waals surface area contributed by atoms with Gasteiger partial charge in [-0.2, -0.15) is 0 Å². The number of anilines is 1. The highest BCUT2D eigenvalue weighted by molar-refractivity contribution is 8.00. The van der Waals surface area contributed by atoms with Crippen LogP contribution in [0, 0.1) is 0 Å². The number of hydrogen-bond acceptors (Lipinski definition) is 14. The number of nitrogen functional groups attached to an aromatic ring is 1. The zero-order valence-electron chi connectivity index (χ0n) is 21.9. The van der Waals surface area contributed by atoms with Crippen molar-refractivity contribution in [2.24, 2.45) is 10.9 Å². The minimum Gasteiger partial charge on any atom is -0.504 e. The van der Waals surface area contributed by atoms with Crippen LogP contribution in [-0.2, 0) is 28.8 Å². The van der Waals surface area contributed by atoms with E-state index in [1.807, 2.05) is 0 Å². The first-order chi connectivity index (χ1) is 19.7. The number of aromatic hydroxyl groups is 2. The van der Waals surface area contributed by atoms with E-state index in [1.165, 1.54) is 25.3 Å². The Morgan fingerprint density at radius 3 is 2.55 bits per heavy atom. The molecule has 1 fully saturated rings. The van der Waals surface area contributed by atoms with Gasteiger partial charge in [-0.3, -0.25) is 19.3 Å². The van der Waals surface area contributed by atoms with Crippen LogP contribution in [0.15, 0.2) is 40.0 Å². The van der Waals surface area contributed by atoms with E-state index in [-0.39, 0.29) is 27.7 Å². The number of carboxylic acid groups (broad SMARTS) is 1. The molecule has 3 amide bonds. The lowest BCUT2D eigenvalue weighted by molar-refractivity contribution is -0.150. The number of carbonyl (C=O) groups excluding carboxylic acids is 4. The van der Waals surface area contributed by atoms with E-state index in [1.54, 1.807) is 0 Å². The molecule has 8 N–H and O–H groups in total. The van der Waals surface area contributed by atoms with E-state index in [9.17, 15) is 39.3 Å². The fourth-order valence-electron chi connectivity index (χ4n) is 3.70. The number of amides is 3. The summed E-state index contributed by atoms with van der Waals surface area (Å²) in [6.07, 6.45) is 0. The highest BCUT2D eigenvalue weighted by Crippen LogP contribution is 2.40. The number of esters is 1. The third-order valence-corrected chi connectivity index (χ3v) is 8.08. The third-order valence-electron chi connectivity index (χ3n) is 6.06. The molecule has 1 aromatic heterocycles. The monoisotopic (exact) mass is 620 g/mol. The molecule has 0 aliphatic carbocycles. The summed E-state index contributed by atoms with van der Waals surface area (Å²) in [4.78, 5) is 72.5. The molecule has 2 atom stereocenters. The number of ether oxygens (including phenoxy) is 1. The number of carbonyl (C=O) groups is 5. The van der Waals surface area contributed by atoms with Gasteiger partial charge in [0.2, 0.25) is 5.60 Å². The van der Waals surface area contributed by atoms with Crippen molar-refractivity contribution in [1.82, 2.24) is 15.2 Å². The molecule has 1 aromatic carbocycles. The smallest absolute Gasteiger partial charge is 0.352 e. The molecule has 222 valence electrons. The molecule has 0 bridgehead atoms. The summed E-state index contributed by atoms with van der Waals surface area (Å²) in [5, 5.41) is 35.8. The Morgan fingerprint density at radius 2 is 1.95 bits per heavy atom. The molecule has 16 nitrogen and oxygen atoms in total. The van der Waals surface area contributed by atoms with Crippen LogP contribution in [0.4, 0.5) is 5.13 Å². The average Bonchev–Trinajstić information content (AvgIpc) is 3.36. The first kappa shape index (κ1) is 30.1. The summed E-state index contributed by atoms with van der Waals surface area (Å²) < 4.78 is 5.18. The molecule has 2 aliphatic heterocycles. The van der Waals surface area contributed by atoms with Crippen LogP contribution >= 0.6 is 23.1 Å². The van der Waals surface area contributed by atoms with Crippen molar-refractivity contribution >= 4 is 63.6 Å². The number of benzene rings is 1. The van der Waals surface area contributed by atoms with Gasteiger partial charge in [-0.15, -0.1) is 23.1 Å². The van der Waals surface area contributed by atoms with Gasteiger partial charge >= 0.3 is 11.9 Å². The maximum Gasteiger partial charge on any atom is 0.352 e. The molecule has 0 unspecified atom stereocenters. The minimum absolute atomic E-state index is 0.00682. The SMILES string of the molecule is CC(C)(ON=C(C(=O)N[C@@H]1C(=O)N2C(C(=O)O)=C(COC(=O)c3ccc(O)c(O)c3)CS[C@H]12)c1csc(N)n1)C(N)=O. The Morgan fingerprint density at radius 1 is 1.24 bits per heavy atom. The van der Waals surface area contributed by atoms with Crippen LogP contribution in [0.3, 0.4) is 0 Å². The predicted octanol–water partition coefficient (Wildman–Crippen LogP) is -0.283. The molecule has 42 heavy (non-hydrogen) atoms. The van der Waals surface area contributed by atoms with Gasteiger partial charge in [0.1, 0.15) is 29.4 Å². The minimum atomic E-state index is -1.58. The number of thioether (sulfide) groups is 1. The fourth-order valence-corrected chi connectivity index (χ4v) is 5.57. The van der Waals surface area contributed by atoms with Gasteiger partial charge in [-0.05, 0) is 32.0 Å². The van der Waals surface area contributed by atoms with Crippen LogP contribution in [0.2, 0.25) is 0 Å². The number of fused-ring (bicyclic) bond motifs is 1. The Hall–Kier alpha value is -4.84. The van der Waals surface area contributed by atoms with Gasteiger partial charge in [-0.25, -0.2) is 14.6 Å². The number of carboxylic acids is 1. The number of nitrogens with one attached hydrogen (secondary N) is 1. The van der Waals surface area contributed by atoms with Crippen molar-refractivity contribution in [3.8, 4) is 11.5 Å². The van der Waals surface area contributed by atoms with Crippen molar-refractivity contribution in [3.05, 3.63) is 46.1 Å². The van der Waals surface area contributed by atoms with Gasteiger partial charge in [0.15, 0.2) is 22.3 Å². The maximum atomic E-state index is 13.2. The number of aliphatic carboxylic acids is 1. The largest absolute Gasteiger partial charge is 0.504 e. The van der Waals surface area contributed by atoms with Crippen molar-refractivity contribution in [1.29, 1.82) is 0 Å². The van der Waals surface area contributed by atoms with Crippen LogP contribution in [0.25, 0.3) is 0 Å². The molecular weight excluding hydrogens is 596 g/mol. The first-order valence-corrected chi connectivity index (χ1v) is 13.8. The van der Waals surface area contributed by atoms with Crippen LogP contribution in [0.1, 0.15) is 29.9 Å². The molecule has 18 heteroatoms. The number of β-lactam (4-membered cyclic amide) rings is 1. The quantitative estimate of drug-likeness (QED) is 0.0657. The van der Waals surface area contributed by atoms with Crippen molar-refractivity contribution in [3.63, 3.8) is 0 Å². The van der Waals surface area contributed by atoms with E-state index < -0.39 is 76.2 Å². The number of hydrogen-bond donors (Lipinski definition) is 6. The standard InChI is InChI=1S/C24H24N6O10S2/c1-24(2,22(25)38)40-29-14(11-8-42-23(26)27-11)17(33)28-15-18(34)30-16(20(35)36)10(7-41-19(15)30)6-39-21(37)9-3-4-12(31)13(32)5-9/h3-5,8,15,19,31-32H,6-7H2,1-2H3,(H2,25,38)(H2,26,27)(H,28,33)(H,35,36)/t15-,19-/m1/s1. The second-order valence-corrected chi connectivity index (χ2v) is 11.4. The number of oxime groups is 1. The number of primary amides is 1. The van der Waals surface area contributed by atoms with E-state index >= 15 is 0 Å². The third kappa shape index (κ3) is 5.93. The molecule has 0 saturated carbocycles. The summed E-state index contributed by atoms with van der Waals surface area (Å²) in [5.41, 5.74) is 8.62. The lowest BCUT2D eigenvalue weighted by atomic mass is 10.0. The predicted molar refractivity (Wildman–Crippen MR) is 147 cm³/mol. The molecule has 2 aliphatic rings. The van der Waals surface area contributed by atoms with Gasteiger partial charge in [0.25, 0.3) is 17.7 Å². The second-order valence-electron chi connectivity index (χ2n) is 9.37. The Bertz CT molecular complexity index is 1550. The summed E-state index contributed by atoms with van der Waals surface area (Å²) >= 11 is 2.13. The number of rotatable bonds is 10. The summed E-state index contributed by atoms with van der Waals surface area (Å²) in [6, 6.07) is 2.12. The topological polar surface area (TPSA) is 257 Å². The van der Waals surface area contributed by atoms with Crippen molar-refractivity contribution in [2.45, 2.75) is 30.9 Å². The van der Waals surface area contributed by atoms with E-state index in [2.05, 4.69) is 15.5 Å². The Balaban J connectivity index is 1.50. The van der Waals surface area contributed by atoms with E-state index in [0.717, 1.165) is 40.1 Å². The van der Waals surface area contributed by atoms with Gasteiger partial charge < -0.3 is 41.7 Å². The second kappa shape index (κ2) is 11.6. The number of thiazole rings is 1. The normalized spacial score (nSPS) is 18.6. The molecule has 1 saturated heterocycles. The first-order valence-electron chi connectivity index (χ1n) is 11.9. The highest BCUT2D eigenvalue weighted by Gasteiger charge is 2.54. The molecule has 4 rings (SSSR count). The number of nitrogens with zero attached hydrogens (tertiary/aromatic N) is 3. The Kier molecular flexibility index (Phi) is 8.30. The maximum absolute atomic E-state index is 13.2. The summed E-state index contributed by atoms with van der Waals surface area (Å²) in [6.45, 7) is 2.19. The van der Waals surface area contributed by atoms with Gasteiger partial charge in [0.05, 0.1) is 5.56 Å². The molecular formula is C24H24N6O10S2. The van der Waals surface area contributed by atoms with Crippen molar-refractivity contribution < 1.29 is 48.9 Å². The zero-order chi connectivity index (χ0) is 30.9. The summed E-state index contributed by atoms with van der Waals surface area (Å²) in [7, 11) is 0. The lowest BCUT2D eigenvalue weighted by Crippen LogP contribution is -2.71. The molecule has 3 heterocycles. The average molecular weight is 621 g/mol. The molecule has 2 aromatic rings. The van der Waals surface area contributed by atoms with Crippen molar-refractivity contribution in [2.75, 3.05) is 18.1 Å². The number of aromatic nitrogens is 1. The van der Waals surface area contributed by atoms with Crippen LogP contribution in [-0.4, -0.2) is 90.0 Å². The van der Waals surface area contributed by atoms with E-state index in [4.69, 9.17) is 21.0 Å².